The first-order valence-electron chi connectivity index (χ1n) is 6.34. The zero-order valence-corrected chi connectivity index (χ0v) is 10.1. The van der Waals surface area contributed by atoms with Crippen LogP contribution in [0.1, 0.15) is 45.4 Å². The van der Waals surface area contributed by atoms with Crippen molar-refractivity contribution < 1.29 is 9.90 Å². The van der Waals surface area contributed by atoms with Crippen molar-refractivity contribution in [3.8, 4) is 0 Å². The Balaban J connectivity index is 2.32. The smallest absolute Gasteiger partial charge is 0.220 e. The molecule has 0 aromatic rings. The molecule has 1 rings (SSSR count). The SMILES string of the molecule is CCC(CN)CC(=O)N[C@@H]1CCCC[C@H]1O. The molecule has 0 aromatic carbocycles. The van der Waals surface area contributed by atoms with Gasteiger partial charge in [0.25, 0.3) is 0 Å². The number of aliphatic hydroxyl groups is 1. The molecule has 1 aliphatic rings. The van der Waals surface area contributed by atoms with E-state index in [1.54, 1.807) is 0 Å². The fraction of sp³-hybridized carbons (Fsp3) is 0.917. The lowest BCUT2D eigenvalue weighted by Crippen LogP contribution is -2.45. The first-order valence-corrected chi connectivity index (χ1v) is 6.34. The van der Waals surface area contributed by atoms with Gasteiger partial charge < -0.3 is 16.2 Å². The molecule has 4 N–H and O–H groups in total. The molecule has 16 heavy (non-hydrogen) atoms. The van der Waals surface area contributed by atoms with Crippen LogP contribution in [0.25, 0.3) is 0 Å². The molecule has 1 aliphatic carbocycles. The van der Waals surface area contributed by atoms with Gasteiger partial charge in [0.2, 0.25) is 5.91 Å². The Labute approximate surface area is 97.6 Å². The molecule has 0 bridgehead atoms. The third-order valence-corrected chi connectivity index (χ3v) is 3.46. The van der Waals surface area contributed by atoms with Gasteiger partial charge in [0.1, 0.15) is 0 Å². The highest BCUT2D eigenvalue weighted by molar-refractivity contribution is 5.76. The van der Waals surface area contributed by atoms with Crippen LogP contribution in [0.5, 0.6) is 0 Å². The monoisotopic (exact) mass is 228 g/mol. The number of hydrogen-bond donors (Lipinski definition) is 3. The van der Waals surface area contributed by atoms with Crippen LogP contribution in [0.3, 0.4) is 0 Å². The summed E-state index contributed by atoms with van der Waals surface area (Å²) in [5, 5.41) is 12.7. The summed E-state index contributed by atoms with van der Waals surface area (Å²) in [6, 6.07) is -0.0449. The zero-order chi connectivity index (χ0) is 12.0. The molecule has 0 saturated heterocycles. The Hall–Kier alpha value is -0.610. The highest BCUT2D eigenvalue weighted by atomic mass is 16.3. The highest BCUT2D eigenvalue weighted by Crippen LogP contribution is 2.18. The van der Waals surface area contributed by atoms with Gasteiger partial charge in [0, 0.05) is 6.42 Å². The average Bonchev–Trinajstić information content (AvgIpc) is 2.29. The van der Waals surface area contributed by atoms with Gasteiger partial charge >= 0.3 is 0 Å². The van der Waals surface area contributed by atoms with Crippen molar-refractivity contribution >= 4 is 5.91 Å². The summed E-state index contributed by atoms with van der Waals surface area (Å²) in [5.74, 6) is 0.295. The zero-order valence-electron chi connectivity index (χ0n) is 10.1. The molecular formula is C12H24N2O2. The number of carbonyl (C=O) groups excluding carboxylic acids is 1. The van der Waals surface area contributed by atoms with Gasteiger partial charge in [0.05, 0.1) is 12.1 Å². The van der Waals surface area contributed by atoms with E-state index in [9.17, 15) is 9.90 Å². The minimum absolute atomic E-state index is 0.0308. The molecule has 94 valence electrons. The number of aliphatic hydroxyl groups excluding tert-OH is 1. The summed E-state index contributed by atoms with van der Waals surface area (Å²) in [5.41, 5.74) is 5.56. The van der Waals surface area contributed by atoms with Crippen LogP contribution >= 0.6 is 0 Å². The molecule has 1 fully saturated rings. The van der Waals surface area contributed by atoms with E-state index in [0.717, 1.165) is 32.1 Å². The van der Waals surface area contributed by atoms with Crippen molar-refractivity contribution in [1.29, 1.82) is 0 Å². The van der Waals surface area contributed by atoms with Crippen molar-refractivity contribution in [3.05, 3.63) is 0 Å². The van der Waals surface area contributed by atoms with Gasteiger partial charge in [-0.05, 0) is 25.3 Å². The fourth-order valence-corrected chi connectivity index (χ4v) is 2.20. The number of nitrogens with two attached hydrogens (primary N) is 1. The van der Waals surface area contributed by atoms with E-state index in [1.165, 1.54) is 0 Å². The molecule has 4 nitrogen and oxygen atoms in total. The Morgan fingerprint density at radius 1 is 1.50 bits per heavy atom. The van der Waals surface area contributed by atoms with Crippen molar-refractivity contribution in [1.82, 2.24) is 5.32 Å². The minimum Gasteiger partial charge on any atom is -0.391 e. The van der Waals surface area contributed by atoms with Crippen LogP contribution in [0.4, 0.5) is 0 Å². The van der Waals surface area contributed by atoms with Gasteiger partial charge in [-0.1, -0.05) is 26.2 Å². The van der Waals surface area contributed by atoms with Gasteiger partial charge in [0.15, 0.2) is 0 Å². The lowest BCUT2D eigenvalue weighted by Gasteiger charge is -2.28. The number of amides is 1. The number of hydrogen-bond acceptors (Lipinski definition) is 3. The van der Waals surface area contributed by atoms with E-state index in [-0.39, 0.29) is 24.0 Å². The second-order valence-electron chi connectivity index (χ2n) is 4.74. The maximum atomic E-state index is 11.7. The Bertz CT molecular complexity index is 217. The molecule has 1 unspecified atom stereocenters. The van der Waals surface area contributed by atoms with Crippen LogP contribution in [-0.4, -0.2) is 29.7 Å². The van der Waals surface area contributed by atoms with Crippen LogP contribution in [0, 0.1) is 5.92 Å². The molecule has 1 amide bonds. The second kappa shape index (κ2) is 6.86. The Kier molecular flexibility index (Phi) is 5.77. The van der Waals surface area contributed by atoms with E-state index in [2.05, 4.69) is 5.32 Å². The average molecular weight is 228 g/mol. The maximum absolute atomic E-state index is 11.7. The molecular weight excluding hydrogens is 204 g/mol. The van der Waals surface area contributed by atoms with Gasteiger partial charge in [-0.3, -0.25) is 4.79 Å². The van der Waals surface area contributed by atoms with E-state index >= 15 is 0 Å². The summed E-state index contributed by atoms with van der Waals surface area (Å²) in [6.07, 6.45) is 4.90. The highest BCUT2D eigenvalue weighted by Gasteiger charge is 2.24. The van der Waals surface area contributed by atoms with Gasteiger partial charge in [-0.2, -0.15) is 0 Å². The Morgan fingerprint density at radius 2 is 2.19 bits per heavy atom. The lowest BCUT2D eigenvalue weighted by atomic mass is 9.92. The summed E-state index contributed by atoms with van der Waals surface area (Å²) < 4.78 is 0. The fourth-order valence-electron chi connectivity index (χ4n) is 2.20. The van der Waals surface area contributed by atoms with Crippen LogP contribution in [0.2, 0.25) is 0 Å². The maximum Gasteiger partial charge on any atom is 0.220 e. The second-order valence-corrected chi connectivity index (χ2v) is 4.74. The molecule has 0 radical (unpaired) electrons. The predicted octanol–water partition coefficient (Wildman–Crippen LogP) is 0.781. The summed E-state index contributed by atoms with van der Waals surface area (Å²) in [7, 11) is 0. The van der Waals surface area contributed by atoms with Gasteiger partial charge in [-0.15, -0.1) is 0 Å². The third kappa shape index (κ3) is 4.10. The number of carbonyl (C=O) groups is 1. The topological polar surface area (TPSA) is 75.4 Å². The molecule has 0 aliphatic heterocycles. The Morgan fingerprint density at radius 3 is 2.75 bits per heavy atom. The molecule has 1 saturated carbocycles. The first kappa shape index (κ1) is 13.5. The van der Waals surface area contributed by atoms with Gasteiger partial charge in [-0.25, -0.2) is 0 Å². The molecule has 4 heteroatoms. The summed E-state index contributed by atoms with van der Waals surface area (Å²) in [4.78, 5) is 11.7. The van der Waals surface area contributed by atoms with Crippen LogP contribution in [0.15, 0.2) is 0 Å². The summed E-state index contributed by atoms with van der Waals surface area (Å²) >= 11 is 0. The number of rotatable bonds is 5. The standard InChI is InChI=1S/C12H24N2O2/c1-2-9(8-13)7-12(16)14-10-5-3-4-6-11(10)15/h9-11,15H,2-8,13H2,1H3,(H,14,16)/t9?,10-,11-/m1/s1. The number of nitrogens with one attached hydrogen (secondary N) is 1. The van der Waals surface area contributed by atoms with E-state index in [4.69, 9.17) is 5.73 Å². The third-order valence-electron chi connectivity index (χ3n) is 3.46. The predicted molar refractivity (Wildman–Crippen MR) is 63.9 cm³/mol. The van der Waals surface area contributed by atoms with Crippen LogP contribution < -0.4 is 11.1 Å². The van der Waals surface area contributed by atoms with Crippen LogP contribution in [-0.2, 0) is 4.79 Å². The largest absolute Gasteiger partial charge is 0.391 e. The molecule has 3 atom stereocenters. The normalized spacial score (nSPS) is 27.4. The van der Waals surface area contributed by atoms with Crippen molar-refractivity contribution in [3.63, 3.8) is 0 Å². The summed E-state index contributed by atoms with van der Waals surface area (Å²) in [6.45, 7) is 2.59. The molecule has 0 heterocycles. The van der Waals surface area contributed by atoms with Crippen molar-refractivity contribution in [2.75, 3.05) is 6.54 Å². The molecule has 0 aromatic heterocycles. The first-order chi connectivity index (χ1) is 7.67. The van der Waals surface area contributed by atoms with E-state index in [0.29, 0.717) is 13.0 Å². The van der Waals surface area contributed by atoms with Crippen molar-refractivity contribution in [2.24, 2.45) is 11.7 Å². The quantitative estimate of drug-likeness (QED) is 0.651. The molecule has 0 spiro atoms. The van der Waals surface area contributed by atoms with E-state index < -0.39 is 0 Å². The van der Waals surface area contributed by atoms with E-state index in [1.807, 2.05) is 6.92 Å². The minimum atomic E-state index is -0.365. The lowest BCUT2D eigenvalue weighted by molar-refractivity contribution is -0.123. The van der Waals surface area contributed by atoms with Crippen molar-refractivity contribution in [2.45, 2.75) is 57.6 Å².